The van der Waals surface area contributed by atoms with Crippen molar-refractivity contribution in [2.24, 2.45) is 10.7 Å². The Morgan fingerprint density at radius 3 is 2.58 bits per heavy atom. The molecule has 2 fully saturated rings. The Morgan fingerprint density at radius 1 is 1.27 bits per heavy atom. The van der Waals surface area contributed by atoms with Crippen LogP contribution in [0.2, 0.25) is 0 Å². The summed E-state index contributed by atoms with van der Waals surface area (Å²) in [7, 11) is 3.45. The van der Waals surface area contributed by atoms with Crippen molar-refractivity contribution >= 4 is 11.9 Å². The molecule has 0 radical (unpaired) electrons. The number of guanidine groups is 1. The first-order valence-corrected chi connectivity index (χ1v) is 9.50. The lowest BCUT2D eigenvalue weighted by atomic mass is 9.68. The standard InChI is InChI=1S/C20H25N3O3/c1-23-17(24)20(22-18(23)21)15-11-13(12-3-4-12)5-6-16(15)26-19(20)9-7-14(25-2)8-10-19/h5-6,11-12,14H,3-4,7-10H2,1-2H3,(H2,21,22). The molecule has 0 aromatic heterocycles. The summed E-state index contributed by atoms with van der Waals surface area (Å²) in [6, 6.07) is 6.32. The summed E-state index contributed by atoms with van der Waals surface area (Å²) in [6.07, 6.45) is 5.81. The smallest absolute Gasteiger partial charge is 0.266 e. The Labute approximate surface area is 153 Å². The molecule has 6 nitrogen and oxygen atoms in total. The topological polar surface area (TPSA) is 77.2 Å². The van der Waals surface area contributed by atoms with Crippen molar-refractivity contribution in [3.05, 3.63) is 29.3 Å². The van der Waals surface area contributed by atoms with Crippen LogP contribution in [-0.4, -0.2) is 42.6 Å². The zero-order valence-electron chi connectivity index (χ0n) is 15.3. The zero-order valence-corrected chi connectivity index (χ0v) is 15.3. The van der Waals surface area contributed by atoms with E-state index >= 15 is 0 Å². The van der Waals surface area contributed by atoms with E-state index in [9.17, 15) is 4.79 Å². The van der Waals surface area contributed by atoms with Crippen LogP contribution in [0.4, 0.5) is 0 Å². The van der Waals surface area contributed by atoms with Gasteiger partial charge in [-0.15, -0.1) is 0 Å². The molecular formula is C20H25N3O3. The van der Waals surface area contributed by atoms with Crippen LogP contribution in [0.25, 0.3) is 0 Å². The lowest BCUT2D eigenvalue weighted by Gasteiger charge is -2.43. The van der Waals surface area contributed by atoms with E-state index in [1.165, 1.54) is 23.3 Å². The molecule has 2 N–H and O–H groups in total. The fourth-order valence-corrected chi connectivity index (χ4v) is 4.99. The molecular weight excluding hydrogens is 330 g/mol. The van der Waals surface area contributed by atoms with Gasteiger partial charge in [-0.25, -0.2) is 4.99 Å². The molecule has 0 saturated heterocycles. The van der Waals surface area contributed by atoms with E-state index in [0.717, 1.165) is 37.0 Å². The summed E-state index contributed by atoms with van der Waals surface area (Å²) in [5, 5.41) is 0. The van der Waals surface area contributed by atoms with E-state index in [0.29, 0.717) is 5.92 Å². The number of ether oxygens (including phenoxy) is 2. The van der Waals surface area contributed by atoms with Gasteiger partial charge in [0.05, 0.1) is 6.10 Å². The highest BCUT2D eigenvalue weighted by molar-refractivity contribution is 6.08. The number of methoxy groups -OCH3 is 1. The molecule has 2 spiro atoms. The molecule has 0 bridgehead atoms. The molecule has 4 aliphatic rings. The average molecular weight is 355 g/mol. The van der Waals surface area contributed by atoms with Gasteiger partial charge in [0.25, 0.3) is 5.91 Å². The fourth-order valence-electron chi connectivity index (χ4n) is 4.99. The number of hydrogen-bond donors (Lipinski definition) is 1. The van der Waals surface area contributed by atoms with Crippen LogP contribution in [0, 0.1) is 0 Å². The molecule has 1 unspecified atom stereocenters. The number of likely N-dealkylation sites (N-methyl/N-ethyl adjacent to an activating group) is 1. The normalized spacial score (nSPS) is 35.8. The van der Waals surface area contributed by atoms with Crippen molar-refractivity contribution < 1.29 is 14.3 Å². The molecule has 2 aliphatic carbocycles. The highest BCUT2D eigenvalue weighted by atomic mass is 16.5. The highest BCUT2D eigenvalue weighted by Crippen LogP contribution is 2.59. The van der Waals surface area contributed by atoms with Crippen molar-refractivity contribution in [3.8, 4) is 5.75 Å². The van der Waals surface area contributed by atoms with Gasteiger partial charge in [0, 0.05) is 19.7 Å². The summed E-state index contributed by atoms with van der Waals surface area (Å²) in [6.45, 7) is 0. The third-order valence-electron chi connectivity index (χ3n) is 6.72. The van der Waals surface area contributed by atoms with Crippen molar-refractivity contribution in [1.82, 2.24) is 4.90 Å². The van der Waals surface area contributed by atoms with Crippen LogP contribution in [0.1, 0.15) is 55.6 Å². The minimum Gasteiger partial charge on any atom is -0.483 e. The number of carbonyl (C=O) groups excluding carboxylic acids is 1. The maximum absolute atomic E-state index is 13.4. The first kappa shape index (κ1) is 16.1. The van der Waals surface area contributed by atoms with Crippen molar-refractivity contribution in [2.75, 3.05) is 14.2 Å². The molecule has 2 heterocycles. The molecule has 6 heteroatoms. The van der Waals surface area contributed by atoms with E-state index in [1.54, 1.807) is 14.2 Å². The summed E-state index contributed by atoms with van der Waals surface area (Å²) in [4.78, 5) is 19.7. The van der Waals surface area contributed by atoms with Gasteiger partial charge in [0.15, 0.2) is 5.96 Å². The van der Waals surface area contributed by atoms with Gasteiger partial charge < -0.3 is 15.2 Å². The molecule has 1 aromatic carbocycles. The molecule has 1 atom stereocenters. The maximum Gasteiger partial charge on any atom is 0.266 e. The minimum absolute atomic E-state index is 0.0717. The maximum atomic E-state index is 13.4. The second kappa shape index (κ2) is 5.22. The molecule has 2 saturated carbocycles. The van der Waals surface area contributed by atoms with Crippen LogP contribution in [0.5, 0.6) is 5.75 Å². The third kappa shape index (κ3) is 1.91. The van der Waals surface area contributed by atoms with Gasteiger partial charge in [-0.05, 0) is 62.1 Å². The van der Waals surface area contributed by atoms with Crippen LogP contribution in [0.15, 0.2) is 23.2 Å². The number of carbonyl (C=O) groups is 1. The predicted molar refractivity (Wildman–Crippen MR) is 97.1 cm³/mol. The molecule has 2 aliphatic heterocycles. The first-order valence-electron chi connectivity index (χ1n) is 9.50. The van der Waals surface area contributed by atoms with E-state index in [4.69, 9.17) is 20.2 Å². The Balaban J connectivity index is 1.66. The number of nitrogens with zero attached hydrogens (tertiary/aromatic N) is 2. The Kier molecular flexibility index (Phi) is 3.24. The predicted octanol–water partition coefficient (Wildman–Crippen LogP) is 2.27. The molecule has 26 heavy (non-hydrogen) atoms. The number of hydrogen-bond acceptors (Lipinski definition) is 5. The van der Waals surface area contributed by atoms with Crippen LogP contribution < -0.4 is 10.5 Å². The molecule has 138 valence electrons. The van der Waals surface area contributed by atoms with E-state index in [1.807, 2.05) is 6.07 Å². The quantitative estimate of drug-likeness (QED) is 0.883. The zero-order chi connectivity index (χ0) is 18.1. The van der Waals surface area contributed by atoms with Crippen LogP contribution in [0.3, 0.4) is 0 Å². The monoisotopic (exact) mass is 355 g/mol. The first-order chi connectivity index (χ1) is 12.5. The van der Waals surface area contributed by atoms with Crippen LogP contribution in [-0.2, 0) is 15.1 Å². The molecule has 5 rings (SSSR count). The Bertz CT molecular complexity index is 809. The lowest BCUT2D eigenvalue weighted by molar-refractivity contribution is -0.140. The van der Waals surface area contributed by atoms with E-state index in [2.05, 4.69) is 12.1 Å². The van der Waals surface area contributed by atoms with Crippen LogP contribution >= 0.6 is 0 Å². The number of benzene rings is 1. The number of fused-ring (bicyclic) bond motifs is 3. The van der Waals surface area contributed by atoms with Gasteiger partial charge in [0.2, 0.25) is 5.54 Å². The Morgan fingerprint density at radius 2 is 2.00 bits per heavy atom. The second-order valence-electron chi connectivity index (χ2n) is 8.11. The average Bonchev–Trinajstić information content (AvgIpc) is 3.43. The van der Waals surface area contributed by atoms with Gasteiger partial charge in [-0.3, -0.25) is 9.69 Å². The Hall–Kier alpha value is -2.08. The molecule has 1 aromatic rings. The third-order valence-corrected chi connectivity index (χ3v) is 6.72. The van der Waals surface area contributed by atoms with Crippen molar-refractivity contribution in [3.63, 3.8) is 0 Å². The summed E-state index contributed by atoms with van der Waals surface area (Å²) in [5.41, 5.74) is 6.57. The molecule has 1 amide bonds. The van der Waals surface area contributed by atoms with Gasteiger partial charge >= 0.3 is 0 Å². The highest BCUT2D eigenvalue weighted by Gasteiger charge is 2.69. The van der Waals surface area contributed by atoms with Crippen molar-refractivity contribution in [1.29, 1.82) is 0 Å². The number of nitrogens with two attached hydrogens (primary N) is 1. The van der Waals surface area contributed by atoms with Crippen molar-refractivity contribution in [2.45, 2.75) is 61.7 Å². The summed E-state index contributed by atoms with van der Waals surface area (Å²) in [5.74, 6) is 1.59. The second-order valence-corrected chi connectivity index (χ2v) is 8.11. The summed E-state index contributed by atoms with van der Waals surface area (Å²) >= 11 is 0. The summed E-state index contributed by atoms with van der Waals surface area (Å²) < 4.78 is 12.1. The van der Waals surface area contributed by atoms with Gasteiger partial charge in [0.1, 0.15) is 11.4 Å². The minimum atomic E-state index is -1.05. The van der Waals surface area contributed by atoms with E-state index in [-0.39, 0.29) is 18.0 Å². The SMILES string of the molecule is COC1CCC2(CC1)Oc1ccc(C3CC3)cc1C21N=C(N)N(C)C1=O. The number of aliphatic imine (C=N–C) groups is 1. The van der Waals surface area contributed by atoms with E-state index < -0.39 is 11.1 Å². The number of amides is 1. The number of rotatable bonds is 2. The van der Waals surface area contributed by atoms with Gasteiger partial charge in [-0.1, -0.05) is 6.07 Å². The lowest BCUT2D eigenvalue weighted by Crippen LogP contribution is -2.57. The fraction of sp³-hybridized carbons (Fsp3) is 0.600. The van der Waals surface area contributed by atoms with Gasteiger partial charge in [-0.2, -0.15) is 0 Å². The largest absolute Gasteiger partial charge is 0.483 e.